The van der Waals surface area contributed by atoms with E-state index in [1.807, 2.05) is 21.0 Å². The summed E-state index contributed by atoms with van der Waals surface area (Å²) in [5.74, 6) is -0.519. The number of hydrogen-bond acceptors (Lipinski definition) is 4. The number of aromatic nitrogens is 1. The SMILES string of the molecule is CC(CCN(C)C)Nc1cc(C(=O)O)c(Cl)cn1. The Hall–Kier alpha value is -1.33. The normalized spacial score (nSPS) is 12.5. The smallest absolute Gasteiger partial charge is 0.337 e. The van der Waals surface area contributed by atoms with E-state index in [0.29, 0.717) is 5.82 Å². The minimum Gasteiger partial charge on any atom is -0.478 e. The molecule has 100 valence electrons. The molecule has 0 bridgehead atoms. The van der Waals surface area contributed by atoms with Gasteiger partial charge in [0.05, 0.1) is 10.6 Å². The molecule has 5 nitrogen and oxygen atoms in total. The Morgan fingerprint density at radius 3 is 2.83 bits per heavy atom. The first kappa shape index (κ1) is 14.7. The van der Waals surface area contributed by atoms with Crippen molar-refractivity contribution in [3.8, 4) is 0 Å². The Balaban J connectivity index is 2.67. The molecule has 1 heterocycles. The standard InChI is InChI=1S/C12H18ClN3O2/c1-8(4-5-16(2)3)15-11-6-9(12(17)18)10(13)7-14-11/h6-8H,4-5H2,1-3H3,(H,14,15)(H,17,18). The fraction of sp³-hybridized carbons (Fsp3) is 0.500. The number of pyridine rings is 1. The number of rotatable bonds is 6. The fourth-order valence-electron chi connectivity index (χ4n) is 1.46. The molecule has 6 heteroatoms. The van der Waals surface area contributed by atoms with Crippen LogP contribution in [0.15, 0.2) is 12.3 Å². The summed E-state index contributed by atoms with van der Waals surface area (Å²) in [6.07, 6.45) is 2.30. The summed E-state index contributed by atoms with van der Waals surface area (Å²) < 4.78 is 0. The van der Waals surface area contributed by atoms with Crippen LogP contribution in [0.4, 0.5) is 5.82 Å². The monoisotopic (exact) mass is 271 g/mol. The Morgan fingerprint density at radius 1 is 1.61 bits per heavy atom. The highest BCUT2D eigenvalue weighted by molar-refractivity contribution is 6.33. The van der Waals surface area contributed by atoms with Gasteiger partial charge in [-0.15, -0.1) is 0 Å². The van der Waals surface area contributed by atoms with Gasteiger partial charge in [-0.1, -0.05) is 11.6 Å². The zero-order valence-corrected chi connectivity index (χ0v) is 11.5. The van der Waals surface area contributed by atoms with Crippen LogP contribution >= 0.6 is 11.6 Å². The maximum absolute atomic E-state index is 10.9. The maximum Gasteiger partial charge on any atom is 0.337 e. The van der Waals surface area contributed by atoms with Crippen molar-refractivity contribution in [2.24, 2.45) is 0 Å². The molecule has 0 fully saturated rings. The third kappa shape index (κ3) is 4.50. The van der Waals surface area contributed by atoms with E-state index in [4.69, 9.17) is 16.7 Å². The van der Waals surface area contributed by atoms with Gasteiger partial charge >= 0.3 is 5.97 Å². The molecule has 1 aromatic rings. The van der Waals surface area contributed by atoms with E-state index >= 15 is 0 Å². The van der Waals surface area contributed by atoms with Gasteiger partial charge in [-0.05, 0) is 40.1 Å². The maximum atomic E-state index is 10.9. The molecule has 0 aliphatic heterocycles. The number of carbonyl (C=O) groups is 1. The number of nitrogens with zero attached hydrogens (tertiary/aromatic N) is 2. The lowest BCUT2D eigenvalue weighted by atomic mass is 10.2. The van der Waals surface area contributed by atoms with E-state index in [2.05, 4.69) is 15.2 Å². The minimum absolute atomic E-state index is 0.0639. The molecule has 0 aliphatic rings. The van der Waals surface area contributed by atoms with Gasteiger partial charge < -0.3 is 15.3 Å². The summed E-state index contributed by atoms with van der Waals surface area (Å²) in [6.45, 7) is 2.98. The molecule has 1 atom stereocenters. The topological polar surface area (TPSA) is 65.5 Å². The predicted octanol–water partition coefficient (Wildman–Crippen LogP) is 2.19. The summed E-state index contributed by atoms with van der Waals surface area (Å²) in [7, 11) is 4.02. The Bertz CT molecular complexity index is 424. The number of carboxylic acid groups (broad SMARTS) is 1. The average molecular weight is 272 g/mol. The molecule has 2 N–H and O–H groups in total. The van der Waals surface area contributed by atoms with Crippen LogP contribution in [0.2, 0.25) is 5.02 Å². The molecule has 1 rings (SSSR count). The summed E-state index contributed by atoms with van der Waals surface area (Å²) in [4.78, 5) is 17.1. The molecule has 0 aliphatic carbocycles. The quantitative estimate of drug-likeness (QED) is 0.830. The highest BCUT2D eigenvalue weighted by Gasteiger charge is 2.11. The summed E-state index contributed by atoms with van der Waals surface area (Å²) in [5, 5.41) is 12.3. The van der Waals surface area contributed by atoms with Gasteiger partial charge in [-0.25, -0.2) is 9.78 Å². The molecule has 1 unspecified atom stereocenters. The fourth-order valence-corrected chi connectivity index (χ4v) is 1.64. The first-order valence-electron chi connectivity index (χ1n) is 5.70. The van der Waals surface area contributed by atoms with Gasteiger partial charge in [0.15, 0.2) is 0 Å². The van der Waals surface area contributed by atoms with E-state index in [-0.39, 0.29) is 16.6 Å². The first-order chi connectivity index (χ1) is 8.40. The Kier molecular flexibility index (Phi) is 5.37. The van der Waals surface area contributed by atoms with Crippen molar-refractivity contribution >= 4 is 23.4 Å². The lowest BCUT2D eigenvalue weighted by Crippen LogP contribution is -2.23. The van der Waals surface area contributed by atoms with E-state index in [1.165, 1.54) is 12.3 Å². The van der Waals surface area contributed by atoms with Crippen LogP contribution in [0.5, 0.6) is 0 Å². The third-order valence-corrected chi connectivity index (χ3v) is 2.79. The van der Waals surface area contributed by atoms with Crippen molar-refractivity contribution in [1.29, 1.82) is 0 Å². The number of halogens is 1. The lowest BCUT2D eigenvalue weighted by Gasteiger charge is -2.17. The van der Waals surface area contributed by atoms with Gasteiger partial charge in [0.2, 0.25) is 0 Å². The summed E-state index contributed by atoms with van der Waals surface area (Å²) >= 11 is 5.75. The van der Waals surface area contributed by atoms with Crippen molar-refractivity contribution in [3.63, 3.8) is 0 Å². The molecule has 1 aromatic heterocycles. The second-order valence-corrected chi connectivity index (χ2v) is 4.90. The van der Waals surface area contributed by atoms with Crippen LogP contribution in [0.25, 0.3) is 0 Å². The van der Waals surface area contributed by atoms with Crippen LogP contribution in [0, 0.1) is 0 Å². The molecule has 0 aromatic carbocycles. The predicted molar refractivity (Wildman–Crippen MR) is 72.5 cm³/mol. The third-order valence-electron chi connectivity index (χ3n) is 2.49. The van der Waals surface area contributed by atoms with E-state index in [9.17, 15) is 4.79 Å². The summed E-state index contributed by atoms with van der Waals surface area (Å²) in [6, 6.07) is 1.67. The molecule has 0 saturated heterocycles. The number of nitrogens with one attached hydrogen (secondary N) is 1. The molecule has 0 saturated carbocycles. The Morgan fingerprint density at radius 2 is 2.28 bits per heavy atom. The Labute approximate surface area is 112 Å². The largest absolute Gasteiger partial charge is 0.478 e. The molecule has 0 amide bonds. The zero-order valence-electron chi connectivity index (χ0n) is 10.8. The van der Waals surface area contributed by atoms with Crippen LogP contribution < -0.4 is 5.32 Å². The molecule has 18 heavy (non-hydrogen) atoms. The van der Waals surface area contributed by atoms with Crippen molar-refractivity contribution in [3.05, 3.63) is 22.8 Å². The van der Waals surface area contributed by atoms with Gasteiger partial charge in [-0.2, -0.15) is 0 Å². The minimum atomic E-state index is -1.05. The van der Waals surface area contributed by atoms with Gasteiger partial charge in [0.25, 0.3) is 0 Å². The number of aromatic carboxylic acids is 1. The van der Waals surface area contributed by atoms with E-state index in [1.54, 1.807) is 0 Å². The van der Waals surface area contributed by atoms with Crippen LogP contribution in [0.1, 0.15) is 23.7 Å². The highest BCUT2D eigenvalue weighted by atomic mass is 35.5. The van der Waals surface area contributed by atoms with E-state index < -0.39 is 5.97 Å². The van der Waals surface area contributed by atoms with Crippen molar-refractivity contribution in [2.75, 3.05) is 26.0 Å². The number of hydrogen-bond donors (Lipinski definition) is 2. The summed E-state index contributed by atoms with van der Waals surface area (Å²) in [5.41, 5.74) is 0.0639. The molecule has 0 radical (unpaired) electrons. The van der Waals surface area contributed by atoms with Gasteiger partial charge in [0.1, 0.15) is 5.82 Å². The molecular formula is C12H18ClN3O2. The number of anilines is 1. The second-order valence-electron chi connectivity index (χ2n) is 4.49. The lowest BCUT2D eigenvalue weighted by molar-refractivity contribution is 0.0697. The number of carboxylic acids is 1. The van der Waals surface area contributed by atoms with Gasteiger partial charge in [0, 0.05) is 12.2 Å². The van der Waals surface area contributed by atoms with Crippen molar-refractivity contribution < 1.29 is 9.90 Å². The highest BCUT2D eigenvalue weighted by Crippen LogP contribution is 2.18. The average Bonchev–Trinajstić information content (AvgIpc) is 2.28. The van der Waals surface area contributed by atoms with Crippen molar-refractivity contribution in [1.82, 2.24) is 9.88 Å². The van der Waals surface area contributed by atoms with Gasteiger partial charge in [-0.3, -0.25) is 0 Å². The second kappa shape index (κ2) is 6.56. The van der Waals surface area contributed by atoms with Crippen LogP contribution in [-0.4, -0.2) is 47.6 Å². The van der Waals surface area contributed by atoms with Crippen LogP contribution in [-0.2, 0) is 0 Å². The molecular weight excluding hydrogens is 254 g/mol. The van der Waals surface area contributed by atoms with Crippen LogP contribution in [0.3, 0.4) is 0 Å². The first-order valence-corrected chi connectivity index (χ1v) is 6.08. The van der Waals surface area contributed by atoms with Crippen molar-refractivity contribution in [2.45, 2.75) is 19.4 Å². The molecule has 0 spiro atoms. The zero-order chi connectivity index (χ0) is 13.7. The van der Waals surface area contributed by atoms with E-state index in [0.717, 1.165) is 13.0 Å².